The molecule has 1 rings (SSSR count). The second-order valence-electron chi connectivity index (χ2n) is 2.14. The highest BCUT2D eigenvalue weighted by atomic mass is 35.5. The van der Waals surface area contributed by atoms with Gasteiger partial charge in [0.05, 0.1) is 5.02 Å². The average molecular weight is 224 g/mol. The maximum absolute atomic E-state index is 12.8. The molecule has 0 atom stereocenters. The number of rotatable bonds is 1. The van der Waals surface area contributed by atoms with E-state index >= 15 is 0 Å². The molecule has 3 nitrogen and oxygen atoms in total. The van der Waals surface area contributed by atoms with Gasteiger partial charge in [-0.15, -0.1) is 12.4 Å². The van der Waals surface area contributed by atoms with Gasteiger partial charge in [-0.3, -0.25) is 0 Å². The molecule has 1 aromatic rings. The minimum absolute atomic E-state index is 0. The summed E-state index contributed by atoms with van der Waals surface area (Å²) in [5.41, 5.74) is 5.74. The molecule has 0 saturated heterocycles. The van der Waals surface area contributed by atoms with E-state index in [1.165, 1.54) is 18.2 Å². The van der Waals surface area contributed by atoms with Crippen molar-refractivity contribution in [1.82, 2.24) is 0 Å². The van der Waals surface area contributed by atoms with E-state index < -0.39 is 5.82 Å². The molecule has 0 bridgehead atoms. The SMILES string of the molecule is Cl.N/N=C(\N)c1ccc(Cl)c(F)c1. The van der Waals surface area contributed by atoms with Crippen LogP contribution in [0.25, 0.3) is 0 Å². The number of halogens is 3. The van der Waals surface area contributed by atoms with Crippen molar-refractivity contribution in [2.45, 2.75) is 0 Å². The zero-order valence-electron chi connectivity index (χ0n) is 6.50. The Morgan fingerprint density at radius 1 is 1.46 bits per heavy atom. The molecule has 0 saturated carbocycles. The van der Waals surface area contributed by atoms with Gasteiger partial charge in [0.2, 0.25) is 0 Å². The maximum atomic E-state index is 12.8. The first-order valence-electron chi connectivity index (χ1n) is 3.14. The number of benzene rings is 1. The summed E-state index contributed by atoms with van der Waals surface area (Å²) in [6.45, 7) is 0. The molecule has 0 heterocycles. The molecular formula is C7H8Cl2FN3. The highest BCUT2D eigenvalue weighted by Crippen LogP contribution is 2.14. The summed E-state index contributed by atoms with van der Waals surface area (Å²) in [5.74, 6) is 4.43. The number of nitrogens with two attached hydrogens (primary N) is 2. The Bertz CT molecular complexity index is 328. The van der Waals surface area contributed by atoms with Crippen molar-refractivity contribution in [3.63, 3.8) is 0 Å². The van der Waals surface area contributed by atoms with E-state index in [-0.39, 0.29) is 23.3 Å². The van der Waals surface area contributed by atoms with Gasteiger partial charge in [0, 0.05) is 5.56 Å². The van der Waals surface area contributed by atoms with Crippen LogP contribution < -0.4 is 11.6 Å². The molecule has 0 radical (unpaired) electrons. The standard InChI is InChI=1S/C7H7ClFN3.ClH/c8-5-2-1-4(3-6(5)9)7(10)12-11;/h1-3H,11H2,(H2,10,12);1H. The smallest absolute Gasteiger partial charge is 0.150 e. The fraction of sp³-hybridized carbons (Fsp3) is 0. The molecule has 1 aromatic carbocycles. The van der Waals surface area contributed by atoms with Gasteiger partial charge in [-0.25, -0.2) is 4.39 Å². The predicted octanol–water partition coefficient (Wildman–Crippen LogP) is 1.48. The molecule has 4 N–H and O–H groups in total. The van der Waals surface area contributed by atoms with Crippen LogP contribution in [0.3, 0.4) is 0 Å². The van der Waals surface area contributed by atoms with Crippen molar-refractivity contribution < 1.29 is 4.39 Å². The van der Waals surface area contributed by atoms with Crippen molar-refractivity contribution in [1.29, 1.82) is 0 Å². The van der Waals surface area contributed by atoms with Gasteiger partial charge in [0.25, 0.3) is 0 Å². The van der Waals surface area contributed by atoms with E-state index in [0.29, 0.717) is 5.56 Å². The monoisotopic (exact) mass is 223 g/mol. The number of hydrogen-bond acceptors (Lipinski definition) is 2. The number of hydrazone groups is 1. The Kier molecular flexibility index (Phi) is 4.51. The zero-order chi connectivity index (χ0) is 9.14. The van der Waals surface area contributed by atoms with Crippen LogP contribution in [-0.4, -0.2) is 5.84 Å². The Balaban J connectivity index is 0.00000144. The van der Waals surface area contributed by atoms with Crippen molar-refractivity contribution in [2.75, 3.05) is 0 Å². The van der Waals surface area contributed by atoms with E-state index in [1.54, 1.807) is 0 Å². The molecule has 0 aromatic heterocycles. The van der Waals surface area contributed by atoms with Crippen molar-refractivity contribution in [2.24, 2.45) is 16.7 Å². The van der Waals surface area contributed by atoms with Gasteiger partial charge in [-0.2, -0.15) is 5.10 Å². The van der Waals surface area contributed by atoms with Crippen LogP contribution in [0.4, 0.5) is 4.39 Å². The summed E-state index contributed by atoms with van der Waals surface area (Å²) in [7, 11) is 0. The maximum Gasteiger partial charge on any atom is 0.150 e. The third-order valence-corrected chi connectivity index (χ3v) is 1.66. The zero-order valence-corrected chi connectivity index (χ0v) is 8.07. The number of nitrogens with zero attached hydrogens (tertiary/aromatic N) is 1. The lowest BCUT2D eigenvalue weighted by Crippen LogP contribution is -2.15. The van der Waals surface area contributed by atoms with Gasteiger partial charge in [0.1, 0.15) is 11.7 Å². The molecule has 72 valence electrons. The Morgan fingerprint density at radius 3 is 2.54 bits per heavy atom. The molecule has 0 amide bonds. The molecule has 0 aliphatic heterocycles. The first-order valence-corrected chi connectivity index (χ1v) is 3.51. The van der Waals surface area contributed by atoms with E-state index in [9.17, 15) is 4.39 Å². The number of amidine groups is 1. The van der Waals surface area contributed by atoms with E-state index in [4.69, 9.17) is 23.2 Å². The molecule has 0 fully saturated rings. The van der Waals surface area contributed by atoms with Crippen molar-refractivity contribution in [3.8, 4) is 0 Å². The summed E-state index contributed by atoms with van der Waals surface area (Å²) in [4.78, 5) is 0. The van der Waals surface area contributed by atoms with Crippen LogP contribution in [0.5, 0.6) is 0 Å². The average Bonchev–Trinajstić information content (AvgIpc) is 2.08. The number of hydrogen-bond donors (Lipinski definition) is 2. The van der Waals surface area contributed by atoms with Gasteiger partial charge in [0.15, 0.2) is 0 Å². The van der Waals surface area contributed by atoms with Gasteiger partial charge < -0.3 is 11.6 Å². The lowest BCUT2D eigenvalue weighted by atomic mass is 10.2. The van der Waals surface area contributed by atoms with Gasteiger partial charge >= 0.3 is 0 Å². The quantitative estimate of drug-likeness (QED) is 0.328. The summed E-state index contributed by atoms with van der Waals surface area (Å²) in [6.07, 6.45) is 0. The normalized spacial score (nSPS) is 10.8. The van der Waals surface area contributed by atoms with E-state index in [2.05, 4.69) is 5.10 Å². The summed E-state index contributed by atoms with van der Waals surface area (Å²) >= 11 is 5.44. The Labute approximate surface area is 86.0 Å². The summed E-state index contributed by atoms with van der Waals surface area (Å²) in [6, 6.07) is 4.11. The molecule has 13 heavy (non-hydrogen) atoms. The van der Waals surface area contributed by atoms with E-state index in [0.717, 1.165) is 0 Å². The minimum Gasteiger partial charge on any atom is -0.382 e. The summed E-state index contributed by atoms with van der Waals surface area (Å²) in [5, 5.41) is 3.26. The first-order chi connectivity index (χ1) is 5.65. The highest BCUT2D eigenvalue weighted by Gasteiger charge is 2.02. The Morgan fingerprint density at radius 2 is 2.08 bits per heavy atom. The third-order valence-electron chi connectivity index (χ3n) is 1.35. The molecule has 0 unspecified atom stereocenters. The fourth-order valence-electron chi connectivity index (χ4n) is 0.730. The minimum atomic E-state index is -0.541. The second-order valence-corrected chi connectivity index (χ2v) is 2.55. The van der Waals surface area contributed by atoms with Crippen LogP contribution in [0.15, 0.2) is 23.3 Å². The molecule has 0 aliphatic rings. The largest absolute Gasteiger partial charge is 0.382 e. The van der Waals surface area contributed by atoms with Crippen LogP contribution in [-0.2, 0) is 0 Å². The van der Waals surface area contributed by atoms with Crippen LogP contribution in [0.2, 0.25) is 5.02 Å². The third kappa shape index (κ3) is 2.75. The molecule has 6 heteroatoms. The van der Waals surface area contributed by atoms with Crippen LogP contribution in [0, 0.1) is 5.82 Å². The topological polar surface area (TPSA) is 64.4 Å². The van der Waals surface area contributed by atoms with Gasteiger partial charge in [-0.1, -0.05) is 11.6 Å². The van der Waals surface area contributed by atoms with Gasteiger partial charge in [-0.05, 0) is 18.2 Å². The van der Waals surface area contributed by atoms with Crippen molar-refractivity contribution in [3.05, 3.63) is 34.6 Å². The molecular weight excluding hydrogens is 216 g/mol. The molecule has 0 spiro atoms. The van der Waals surface area contributed by atoms with Crippen LogP contribution in [0.1, 0.15) is 5.56 Å². The Hall–Kier alpha value is -1.00. The lowest BCUT2D eigenvalue weighted by molar-refractivity contribution is 0.628. The van der Waals surface area contributed by atoms with Crippen LogP contribution >= 0.6 is 24.0 Å². The molecule has 0 aliphatic carbocycles. The fourth-order valence-corrected chi connectivity index (χ4v) is 0.848. The summed E-state index contributed by atoms with van der Waals surface area (Å²) < 4.78 is 12.8. The van der Waals surface area contributed by atoms with Crippen molar-refractivity contribution >= 4 is 29.8 Å². The lowest BCUT2D eigenvalue weighted by Gasteiger charge is -1.99. The highest BCUT2D eigenvalue weighted by molar-refractivity contribution is 6.30. The first kappa shape index (κ1) is 12.0. The van der Waals surface area contributed by atoms with E-state index in [1.807, 2.05) is 0 Å². The predicted molar refractivity (Wildman–Crippen MR) is 53.6 cm³/mol. The second kappa shape index (κ2) is 4.89.